The van der Waals surface area contributed by atoms with E-state index in [2.05, 4.69) is 5.32 Å². The highest BCUT2D eigenvalue weighted by Crippen LogP contribution is 2.30. The third-order valence-electron chi connectivity index (χ3n) is 3.02. The van der Waals surface area contributed by atoms with Crippen LogP contribution in [0.5, 0.6) is 5.75 Å². The number of phenolic OH excluding ortho intramolecular Hbond substituents is 1. The van der Waals surface area contributed by atoms with Crippen LogP contribution in [0.4, 0.5) is 5.69 Å². The highest BCUT2D eigenvalue weighted by atomic mass is 35.5. The third kappa shape index (κ3) is 3.34. The van der Waals surface area contributed by atoms with Gasteiger partial charge in [-0.3, -0.25) is 0 Å². The van der Waals surface area contributed by atoms with Crippen LogP contribution in [0, 0.1) is 6.92 Å². The van der Waals surface area contributed by atoms with Crippen molar-refractivity contribution in [3.8, 4) is 5.75 Å². The van der Waals surface area contributed by atoms with Crippen LogP contribution < -0.4 is 5.32 Å². The molecule has 0 spiro atoms. The molecule has 0 heterocycles. The van der Waals surface area contributed by atoms with Crippen LogP contribution in [0.15, 0.2) is 36.4 Å². The molecular weight excluding hydrogens is 281 g/mol. The van der Waals surface area contributed by atoms with Crippen molar-refractivity contribution in [3.05, 3.63) is 57.6 Å². The number of halogens is 2. The second-order valence-electron chi connectivity index (χ2n) is 4.53. The molecular formula is C15H15Cl2NO. The minimum absolute atomic E-state index is 0.00620. The van der Waals surface area contributed by atoms with Gasteiger partial charge < -0.3 is 10.4 Å². The molecule has 19 heavy (non-hydrogen) atoms. The SMILES string of the molecule is Cc1ccc(NC(C)c2cc(Cl)ccc2Cl)cc1O. The lowest BCUT2D eigenvalue weighted by molar-refractivity contribution is 0.471. The fourth-order valence-corrected chi connectivity index (χ4v) is 2.34. The Morgan fingerprint density at radius 1 is 1.11 bits per heavy atom. The molecule has 1 unspecified atom stereocenters. The summed E-state index contributed by atoms with van der Waals surface area (Å²) in [4.78, 5) is 0. The molecule has 0 aliphatic rings. The highest BCUT2D eigenvalue weighted by molar-refractivity contribution is 6.33. The van der Waals surface area contributed by atoms with Gasteiger partial charge in [0.2, 0.25) is 0 Å². The number of rotatable bonds is 3. The zero-order valence-corrected chi connectivity index (χ0v) is 12.3. The minimum Gasteiger partial charge on any atom is -0.508 e. The van der Waals surface area contributed by atoms with Crippen molar-refractivity contribution in [3.63, 3.8) is 0 Å². The number of phenols is 1. The summed E-state index contributed by atoms with van der Waals surface area (Å²) in [6, 6.07) is 10.9. The van der Waals surface area contributed by atoms with Crippen LogP contribution in [0.2, 0.25) is 10.0 Å². The lowest BCUT2D eigenvalue weighted by Crippen LogP contribution is -2.07. The van der Waals surface area contributed by atoms with E-state index in [1.54, 1.807) is 18.2 Å². The number of aromatic hydroxyl groups is 1. The summed E-state index contributed by atoms with van der Waals surface area (Å²) in [7, 11) is 0. The lowest BCUT2D eigenvalue weighted by Gasteiger charge is -2.18. The molecule has 0 fully saturated rings. The summed E-state index contributed by atoms with van der Waals surface area (Å²) < 4.78 is 0. The van der Waals surface area contributed by atoms with Crippen LogP contribution >= 0.6 is 23.2 Å². The van der Waals surface area contributed by atoms with E-state index in [1.165, 1.54) is 0 Å². The summed E-state index contributed by atoms with van der Waals surface area (Å²) in [6.45, 7) is 3.85. The number of hydrogen-bond acceptors (Lipinski definition) is 2. The lowest BCUT2D eigenvalue weighted by atomic mass is 10.1. The summed E-state index contributed by atoms with van der Waals surface area (Å²) in [6.07, 6.45) is 0. The van der Waals surface area contributed by atoms with Gasteiger partial charge in [-0.2, -0.15) is 0 Å². The van der Waals surface area contributed by atoms with E-state index in [0.717, 1.165) is 16.8 Å². The molecule has 100 valence electrons. The molecule has 0 radical (unpaired) electrons. The fraction of sp³-hybridized carbons (Fsp3) is 0.200. The van der Waals surface area contributed by atoms with E-state index < -0.39 is 0 Å². The Hall–Kier alpha value is -1.38. The van der Waals surface area contributed by atoms with Gasteiger partial charge in [-0.25, -0.2) is 0 Å². The van der Waals surface area contributed by atoms with E-state index in [-0.39, 0.29) is 11.8 Å². The van der Waals surface area contributed by atoms with E-state index in [9.17, 15) is 5.11 Å². The molecule has 0 saturated heterocycles. The molecule has 0 aliphatic heterocycles. The van der Waals surface area contributed by atoms with Crippen LogP contribution in [-0.4, -0.2) is 5.11 Å². The number of anilines is 1. The first kappa shape index (κ1) is 14.0. The molecule has 0 amide bonds. The van der Waals surface area contributed by atoms with Crippen molar-refractivity contribution < 1.29 is 5.11 Å². The van der Waals surface area contributed by atoms with Gasteiger partial charge in [0.05, 0.1) is 6.04 Å². The second kappa shape index (κ2) is 5.72. The van der Waals surface area contributed by atoms with E-state index in [0.29, 0.717) is 10.0 Å². The van der Waals surface area contributed by atoms with Crippen molar-refractivity contribution in [2.24, 2.45) is 0 Å². The van der Waals surface area contributed by atoms with E-state index >= 15 is 0 Å². The zero-order chi connectivity index (χ0) is 14.0. The number of nitrogens with one attached hydrogen (secondary N) is 1. The van der Waals surface area contributed by atoms with E-state index in [1.807, 2.05) is 32.0 Å². The average molecular weight is 296 g/mol. The van der Waals surface area contributed by atoms with Crippen LogP contribution in [0.1, 0.15) is 24.1 Å². The quantitative estimate of drug-likeness (QED) is 0.818. The average Bonchev–Trinajstić information content (AvgIpc) is 2.36. The molecule has 2 N–H and O–H groups in total. The van der Waals surface area contributed by atoms with Crippen molar-refractivity contribution in [1.29, 1.82) is 0 Å². The third-order valence-corrected chi connectivity index (χ3v) is 3.60. The van der Waals surface area contributed by atoms with Crippen molar-refractivity contribution in [2.75, 3.05) is 5.32 Å². The first-order chi connectivity index (χ1) is 8.97. The zero-order valence-electron chi connectivity index (χ0n) is 10.7. The van der Waals surface area contributed by atoms with Crippen molar-refractivity contribution in [2.45, 2.75) is 19.9 Å². The van der Waals surface area contributed by atoms with Gasteiger partial charge in [0, 0.05) is 21.8 Å². The summed E-state index contributed by atoms with van der Waals surface area (Å²) in [5, 5.41) is 14.3. The number of aryl methyl sites for hydroxylation is 1. The molecule has 2 aromatic rings. The van der Waals surface area contributed by atoms with Crippen molar-refractivity contribution in [1.82, 2.24) is 0 Å². The van der Waals surface area contributed by atoms with Crippen LogP contribution in [0.25, 0.3) is 0 Å². The van der Waals surface area contributed by atoms with Gasteiger partial charge in [0.15, 0.2) is 0 Å². The Kier molecular flexibility index (Phi) is 4.23. The topological polar surface area (TPSA) is 32.3 Å². The van der Waals surface area contributed by atoms with Gasteiger partial charge in [0.1, 0.15) is 5.75 Å². The Morgan fingerprint density at radius 3 is 2.53 bits per heavy atom. The first-order valence-electron chi connectivity index (χ1n) is 5.98. The maximum absolute atomic E-state index is 9.70. The smallest absolute Gasteiger partial charge is 0.120 e. The van der Waals surface area contributed by atoms with Gasteiger partial charge in [-0.05, 0) is 49.2 Å². The molecule has 2 aromatic carbocycles. The Labute approximate surface area is 123 Å². The normalized spacial score (nSPS) is 12.2. The predicted octanol–water partition coefficient (Wildman–Crippen LogP) is 5.18. The summed E-state index contributed by atoms with van der Waals surface area (Å²) >= 11 is 12.1. The Balaban J connectivity index is 2.22. The first-order valence-corrected chi connectivity index (χ1v) is 6.74. The van der Waals surface area contributed by atoms with Crippen molar-refractivity contribution >= 4 is 28.9 Å². The number of hydrogen-bond donors (Lipinski definition) is 2. The van der Waals surface area contributed by atoms with Gasteiger partial charge in [0.25, 0.3) is 0 Å². The standard InChI is InChI=1S/C15H15Cl2NO/c1-9-3-5-12(8-15(9)19)18-10(2)13-7-11(16)4-6-14(13)17/h3-8,10,18-19H,1-2H3. The minimum atomic E-state index is -0.00620. The molecule has 2 rings (SSSR count). The second-order valence-corrected chi connectivity index (χ2v) is 5.38. The molecule has 0 saturated carbocycles. The molecule has 4 heteroatoms. The number of benzene rings is 2. The summed E-state index contributed by atoms with van der Waals surface area (Å²) in [5.74, 6) is 0.273. The molecule has 0 aliphatic carbocycles. The molecule has 2 nitrogen and oxygen atoms in total. The maximum Gasteiger partial charge on any atom is 0.120 e. The molecule has 0 aromatic heterocycles. The van der Waals surface area contributed by atoms with Gasteiger partial charge >= 0.3 is 0 Å². The predicted molar refractivity (Wildman–Crippen MR) is 81.3 cm³/mol. The van der Waals surface area contributed by atoms with Crippen LogP contribution in [0.3, 0.4) is 0 Å². The molecule has 0 bridgehead atoms. The van der Waals surface area contributed by atoms with Crippen LogP contribution in [-0.2, 0) is 0 Å². The van der Waals surface area contributed by atoms with Gasteiger partial charge in [-0.15, -0.1) is 0 Å². The van der Waals surface area contributed by atoms with Gasteiger partial charge in [-0.1, -0.05) is 29.3 Å². The largest absolute Gasteiger partial charge is 0.508 e. The highest BCUT2D eigenvalue weighted by Gasteiger charge is 2.10. The maximum atomic E-state index is 9.70. The Bertz CT molecular complexity index is 599. The summed E-state index contributed by atoms with van der Waals surface area (Å²) in [5.41, 5.74) is 2.61. The molecule has 1 atom stereocenters. The Morgan fingerprint density at radius 2 is 1.84 bits per heavy atom. The monoisotopic (exact) mass is 295 g/mol. The fourth-order valence-electron chi connectivity index (χ4n) is 1.87. The van der Waals surface area contributed by atoms with E-state index in [4.69, 9.17) is 23.2 Å².